The van der Waals surface area contributed by atoms with E-state index in [1.165, 1.54) is 6.08 Å². The number of likely N-dealkylation sites (N-methyl/N-ethyl adjacent to an activating group) is 1. The first-order chi connectivity index (χ1) is 13.0. The Morgan fingerprint density at radius 1 is 1.37 bits per heavy atom. The van der Waals surface area contributed by atoms with Gasteiger partial charge in [0.15, 0.2) is 0 Å². The number of carbonyl (C=O) groups is 1. The van der Waals surface area contributed by atoms with E-state index in [2.05, 4.69) is 16.8 Å². The number of nitrogens with zero attached hydrogens (tertiary/aromatic N) is 6. The van der Waals surface area contributed by atoms with Gasteiger partial charge in [-0.05, 0) is 25.0 Å². The van der Waals surface area contributed by atoms with Crippen LogP contribution in [-0.4, -0.2) is 54.4 Å². The minimum atomic E-state index is -0.0597. The summed E-state index contributed by atoms with van der Waals surface area (Å²) in [6.07, 6.45) is 11.2. The fourth-order valence-electron chi connectivity index (χ4n) is 3.54. The van der Waals surface area contributed by atoms with Crippen LogP contribution < -0.4 is 4.74 Å². The van der Waals surface area contributed by atoms with Crippen LogP contribution in [0, 0.1) is 0 Å². The maximum absolute atomic E-state index is 11.8. The second-order valence-corrected chi connectivity index (χ2v) is 6.85. The van der Waals surface area contributed by atoms with Crippen LogP contribution in [0.5, 0.6) is 5.88 Å². The van der Waals surface area contributed by atoms with Crippen LogP contribution in [-0.2, 0) is 11.8 Å². The molecule has 3 aromatic rings. The molecule has 1 fully saturated rings. The molecule has 8 nitrogen and oxygen atoms in total. The highest BCUT2D eigenvalue weighted by Crippen LogP contribution is 2.30. The number of ether oxygens (including phenoxy) is 1. The highest BCUT2D eigenvalue weighted by Gasteiger charge is 2.31. The van der Waals surface area contributed by atoms with Gasteiger partial charge in [-0.15, -0.1) is 0 Å². The topological polar surface area (TPSA) is 77.6 Å². The largest absolute Gasteiger partial charge is 0.473 e. The fraction of sp³-hybridized carbons (Fsp3) is 0.368. The lowest BCUT2D eigenvalue weighted by atomic mass is 10.2. The molecule has 0 radical (unpaired) electrons. The van der Waals surface area contributed by atoms with Crippen LogP contribution in [0.25, 0.3) is 16.8 Å². The van der Waals surface area contributed by atoms with Crippen LogP contribution in [0.3, 0.4) is 0 Å². The van der Waals surface area contributed by atoms with Crippen LogP contribution in [0.2, 0.25) is 0 Å². The van der Waals surface area contributed by atoms with Crippen LogP contribution in [0.1, 0.15) is 19.3 Å². The molecule has 0 saturated heterocycles. The third-order valence-corrected chi connectivity index (χ3v) is 5.06. The zero-order chi connectivity index (χ0) is 19.0. The molecule has 8 heteroatoms. The smallest absolute Gasteiger partial charge is 0.245 e. The van der Waals surface area contributed by atoms with Gasteiger partial charge in [-0.3, -0.25) is 9.48 Å². The molecule has 0 spiro atoms. The minimum absolute atomic E-state index is 0.00501. The highest BCUT2D eigenvalue weighted by atomic mass is 16.5. The lowest BCUT2D eigenvalue weighted by Gasteiger charge is -2.23. The Morgan fingerprint density at radius 2 is 2.22 bits per heavy atom. The molecule has 1 saturated carbocycles. The van der Waals surface area contributed by atoms with Crippen LogP contribution >= 0.6 is 0 Å². The Kier molecular flexibility index (Phi) is 4.39. The first kappa shape index (κ1) is 17.3. The second kappa shape index (κ2) is 6.86. The molecule has 3 aromatic heterocycles. The Hall–Kier alpha value is -3.16. The number of aryl methyl sites for hydroxylation is 1. The van der Waals surface area contributed by atoms with E-state index < -0.39 is 0 Å². The van der Waals surface area contributed by atoms with E-state index in [0.717, 1.165) is 36.0 Å². The van der Waals surface area contributed by atoms with Gasteiger partial charge in [0.25, 0.3) is 0 Å². The molecule has 1 aliphatic carbocycles. The van der Waals surface area contributed by atoms with E-state index in [9.17, 15) is 4.79 Å². The van der Waals surface area contributed by atoms with Crippen molar-refractivity contribution < 1.29 is 9.53 Å². The average molecular weight is 366 g/mol. The van der Waals surface area contributed by atoms with Crippen molar-refractivity contribution in [2.24, 2.45) is 7.05 Å². The Morgan fingerprint density at radius 3 is 2.96 bits per heavy atom. The molecule has 140 valence electrons. The molecule has 3 heterocycles. The Bertz CT molecular complexity index is 991. The number of hydrogen-bond acceptors (Lipinski definition) is 5. The number of aromatic nitrogens is 5. The normalized spacial score (nSPS) is 19.3. The molecular weight excluding hydrogens is 344 g/mol. The van der Waals surface area contributed by atoms with Crippen molar-refractivity contribution in [2.75, 3.05) is 7.05 Å². The van der Waals surface area contributed by atoms with Gasteiger partial charge in [0.1, 0.15) is 11.6 Å². The van der Waals surface area contributed by atoms with Gasteiger partial charge >= 0.3 is 0 Å². The fourth-order valence-corrected chi connectivity index (χ4v) is 3.54. The maximum atomic E-state index is 11.8. The van der Waals surface area contributed by atoms with Gasteiger partial charge in [0.2, 0.25) is 11.8 Å². The summed E-state index contributed by atoms with van der Waals surface area (Å²) in [6, 6.07) is 2.04. The second-order valence-electron chi connectivity index (χ2n) is 6.85. The molecular formula is C19H22N6O2. The molecule has 27 heavy (non-hydrogen) atoms. The summed E-state index contributed by atoms with van der Waals surface area (Å²) < 4.78 is 9.75. The molecule has 0 unspecified atom stereocenters. The molecule has 1 aliphatic rings. The molecule has 0 aliphatic heterocycles. The number of fused-ring (bicyclic) bond motifs is 1. The quantitative estimate of drug-likeness (QED) is 0.646. The van der Waals surface area contributed by atoms with E-state index in [1.807, 2.05) is 32.6 Å². The Labute approximate surface area is 157 Å². The van der Waals surface area contributed by atoms with E-state index in [1.54, 1.807) is 26.5 Å². The lowest BCUT2D eigenvalue weighted by Crippen LogP contribution is -2.34. The zero-order valence-electron chi connectivity index (χ0n) is 15.4. The van der Waals surface area contributed by atoms with Gasteiger partial charge in [-0.25, -0.2) is 9.50 Å². The molecule has 1 amide bonds. The lowest BCUT2D eigenvalue weighted by molar-refractivity contribution is -0.126. The van der Waals surface area contributed by atoms with Crippen molar-refractivity contribution in [3.8, 4) is 17.1 Å². The third kappa shape index (κ3) is 3.30. The molecule has 0 bridgehead atoms. The first-order valence-corrected chi connectivity index (χ1v) is 8.94. The monoisotopic (exact) mass is 366 g/mol. The van der Waals surface area contributed by atoms with E-state index in [4.69, 9.17) is 9.72 Å². The summed E-state index contributed by atoms with van der Waals surface area (Å²) >= 11 is 0. The van der Waals surface area contributed by atoms with E-state index in [0.29, 0.717) is 5.88 Å². The van der Waals surface area contributed by atoms with Crippen molar-refractivity contribution in [3.63, 3.8) is 0 Å². The minimum Gasteiger partial charge on any atom is -0.473 e. The summed E-state index contributed by atoms with van der Waals surface area (Å²) in [5.41, 5.74) is 2.48. The van der Waals surface area contributed by atoms with Crippen molar-refractivity contribution >= 4 is 11.4 Å². The predicted octanol–water partition coefficient (Wildman–Crippen LogP) is 2.07. The number of rotatable bonds is 5. The van der Waals surface area contributed by atoms with Gasteiger partial charge in [-0.2, -0.15) is 10.2 Å². The van der Waals surface area contributed by atoms with Gasteiger partial charge < -0.3 is 9.64 Å². The van der Waals surface area contributed by atoms with E-state index >= 15 is 0 Å². The van der Waals surface area contributed by atoms with Gasteiger partial charge in [0, 0.05) is 38.3 Å². The zero-order valence-corrected chi connectivity index (χ0v) is 15.4. The summed E-state index contributed by atoms with van der Waals surface area (Å²) in [5.74, 6) is 0.493. The van der Waals surface area contributed by atoms with Crippen molar-refractivity contribution in [1.82, 2.24) is 29.3 Å². The van der Waals surface area contributed by atoms with Crippen LogP contribution in [0.15, 0.2) is 43.5 Å². The third-order valence-electron chi connectivity index (χ3n) is 5.06. The summed E-state index contributed by atoms with van der Waals surface area (Å²) in [5, 5.41) is 8.54. The summed E-state index contributed by atoms with van der Waals surface area (Å²) in [7, 11) is 3.68. The average Bonchev–Trinajstić information content (AvgIpc) is 3.40. The van der Waals surface area contributed by atoms with Crippen molar-refractivity contribution in [2.45, 2.75) is 31.4 Å². The predicted molar refractivity (Wildman–Crippen MR) is 100 cm³/mol. The van der Waals surface area contributed by atoms with Crippen molar-refractivity contribution in [3.05, 3.63) is 43.5 Å². The molecule has 2 atom stereocenters. The standard InChI is InChI=1S/C19H22N6O2/c1-4-18(26)24(3)14-5-6-15(9-14)27-19-17-7-8-20-25(17)12-16(22-19)13-10-21-23(2)11-13/h4,7-8,10-12,14-15H,1,5-6,9H2,2-3H3/t14-,15-/m0/s1. The number of amides is 1. The SMILES string of the molecule is C=CC(=O)N(C)[C@H]1CC[C@H](Oc2nc(-c3cnn(C)c3)cn3nccc23)C1. The summed E-state index contributed by atoms with van der Waals surface area (Å²) in [6.45, 7) is 3.56. The van der Waals surface area contributed by atoms with Gasteiger partial charge in [0.05, 0.1) is 24.3 Å². The van der Waals surface area contributed by atoms with Crippen molar-refractivity contribution in [1.29, 1.82) is 0 Å². The van der Waals surface area contributed by atoms with Crippen LogP contribution in [0.4, 0.5) is 0 Å². The summed E-state index contributed by atoms with van der Waals surface area (Å²) in [4.78, 5) is 18.3. The molecule has 4 rings (SSSR count). The number of hydrogen-bond donors (Lipinski definition) is 0. The Balaban J connectivity index is 1.58. The van der Waals surface area contributed by atoms with Gasteiger partial charge in [-0.1, -0.05) is 6.58 Å². The molecule has 0 aromatic carbocycles. The van der Waals surface area contributed by atoms with E-state index in [-0.39, 0.29) is 18.1 Å². The number of carbonyl (C=O) groups excluding carboxylic acids is 1. The maximum Gasteiger partial charge on any atom is 0.245 e. The highest BCUT2D eigenvalue weighted by molar-refractivity contribution is 5.87. The molecule has 0 N–H and O–H groups in total. The first-order valence-electron chi connectivity index (χ1n) is 8.94.